The predicted molar refractivity (Wildman–Crippen MR) is 55.4 cm³/mol. The highest BCUT2D eigenvalue weighted by atomic mass is 79.9. The molecule has 0 radical (unpaired) electrons. The number of hydrogen-bond donors (Lipinski definition) is 0. The van der Waals surface area contributed by atoms with E-state index >= 15 is 0 Å². The van der Waals surface area contributed by atoms with Crippen LogP contribution >= 0.6 is 27.7 Å². The van der Waals surface area contributed by atoms with Crippen molar-refractivity contribution < 1.29 is 13.2 Å². The SMILES string of the molecule is CCC(Br)CCCCSC(F)(F)F. The van der Waals surface area contributed by atoms with E-state index in [0.717, 1.165) is 19.3 Å². The van der Waals surface area contributed by atoms with Crippen molar-refractivity contribution in [3.8, 4) is 0 Å². The highest BCUT2D eigenvalue weighted by Crippen LogP contribution is 2.31. The van der Waals surface area contributed by atoms with Crippen molar-refractivity contribution in [2.45, 2.75) is 42.9 Å². The van der Waals surface area contributed by atoms with E-state index in [1.807, 2.05) is 0 Å². The first kappa shape index (κ1) is 13.6. The summed E-state index contributed by atoms with van der Waals surface area (Å²) in [6, 6.07) is 0. The maximum atomic E-state index is 11.7. The van der Waals surface area contributed by atoms with Gasteiger partial charge in [-0.05, 0) is 19.3 Å². The van der Waals surface area contributed by atoms with E-state index in [4.69, 9.17) is 0 Å². The zero-order valence-electron chi connectivity index (χ0n) is 7.53. The summed E-state index contributed by atoms with van der Waals surface area (Å²) >= 11 is 3.52. The number of alkyl halides is 4. The Morgan fingerprint density at radius 3 is 2.38 bits per heavy atom. The Morgan fingerprint density at radius 1 is 1.31 bits per heavy atom. The van der Waals surface area contributed by atoms with Crippen molar-refractivity contribution in [2.75, 3.05) is 5.75 Å². The van der Waals surface area contributed by atoms with Gasteiger partial charge in [-0.3, -0.25) is 0 Å². The lowest BCUT2D eigenvalue weighted by molar-refractivity contribution is -0.0328. The van der Waals surface area contributed by atoms with Crippen LogP contribution in [-0.4, -0.2) is 16.1 Å². The maximum Gasteiger partial charge on any atom is 0.441 e. The highest BCUT2D eigenvalue weighted by Gasteiger charge is 2.27. The van der Waals surface area contributed by atoms with Crippen LogP contribution in [0, 0.1) is 0 Å². The summed E-state index contributed by atoms with van der Waals surface area (Å²) in [5.74, 6) is 0.187. The molecule has 13 heavy (non-hydrogen) atoms. The minimum Gasteiger partial charge on any atom is -0.160 e. The standard InChI is InChI=1S/C8H14BrF3S/c1-2-7(9)5-3-4-6-13-8(10,11)12/h7H,2-6H2,1H3. The van der Waals surface area contributed by atoms with Gasteiger partial charge in [0.1, 0.15) is 0 Å². The van der Waals surface area contributed by atoms with Crippen molar-refractivity contribution in [1.82, 2.24) is 0 Å². The molecule has 0 aromatic rings. The molecule has 1 unspecified atom stereocenters. The largest absolute Gasteiger partial charge is 0.441 e. The molecular weight excluding hydrogens is 265 g/mol. The molecule has 0 fully saturated rings. The third kappa shape index (κ3) is 10.5. The summed E-state index contributed by atoms with van der Waals surface area (Å²) in [4.78, 5) is 0.461. The summed E-state index contributed by atoms with van der Waals surface area (Å²) in [6.45, 7) is 2.06. The van der Waals surface area contributed by atoms with E-state index in [1.165, 1.54) is 0 Å². The molecule has 80 valence electrons. The van der Waals surface area contributed by atoms with Gasteiger partial charge in [0, 0.05) is 10.6 Å². The van der Waals surface area contributed by atoms with Gasteiger partial charge in [-0.15, -0.1) is 0 Å². The summed E-state index contributed by atoms with van der Waals surface area (Å²) in [7, 11) is 0. The smallest absolute Gasteiger partial charge is 0.160 e. The Kier molecular flexibility index (Phi) is 7.32. The van der Waals surface area contributed by atoms with Gasteiger partial charge in [-0.1, -0.05) is 41.0 Å². The molecular formula is C8H14BrF3S. The molecule has 0 rings (SSSR count). The van der Waals surface area contributed by atoms with Gasteiger partial charge in [0.05, 0.1) is 0 Å². The number of halogens is 4. The molecule has 0 aromatic heterocycles. The lowest BCUT2D eigenvalue weighted by Crippen LogP contribution is -2.02. The highest BCUT2D eigenvalue weighted by molar-refractivity contribution is 9.09. The fourth-order valence-corrected chi connectivity index (χ4v) is 1.76. The van der Waals surface area contributed by atoms with Crippen LogP contribution in [0.5, 0.6) is 0 Å². The molecule has 5 heteroatoms. The molecule has 0 aliphatic carbocycles. The quantitative estimate of drug-likeness (QED) is 0.506. The number of rotatable bonds is 6. The lowest BCUT2D eigenvalue weighted by Gasteiger charge is -2.07. The summed E-state index contributed by atoms with van der Waals surface area (Å²) < 4.78 is 35.0. The van der Waals surface area contributed by atoms with Crippen LogP contribution in [0.4, 0.5) is 13.2 Å². The van der Waals surface area contributed by atoms with Crippen LogP contribution in [0.25, 0.3) is 0 Å². The fraction of sp³-hybridized carbons (Fsp3) is 1.00. The first-order valence-corrected chi connectivity index (χ1v) is 6.20. The van der Waals surface area contributed by atoms with Crippen molar-refractivity contribution in [3.63, 3.8) is 0 Å². The maximum absolute atomic E-state index is 11.7. The van der Waals surface area contributed by atoms with Gasteiger partial charge in [0.15, 0.2) is 0 Å². The van der Waals surface area contributed by atoms with E-state index in [-0.39, 0.29) is 17.5 Å². The average Bonchev–Trinajstić information content (AvgIpc) is 2.01. The van der Waals surface area contributed by atoms with Gasteiger partial charge in [0.25, 0.3) is 0 Å². The molecule has 0 saturated heterocycles. The Hall–Kier alpha value is 0.620. The topological polar surface area (TPSA) is 0 Å². The average molecular weight is 279 g/mol. The van der Waals surface area contributed by atoms with Crippen molar-refractivity contribution >= 4 is 27.7 Å². The summed E-state index contributed by atoms with van der Waals surface area (Å²) in [6.07, 6.45) is 3.51. The zero-order chi connectivity index (χ0) is 10.3. The third-order valence-corrected chi connectivity index (χ3v) is 3.55. The number of unbranched alkanes of at least 4 members (excludes halogenated alkanes) is 1. The van der Waals surface area contributed by atoms with Crippen LogP contribution in [0.15, 0.2) is 0 Å². The molecule has 0 aliphatic heterocycles. The van der Waals surface area contributed by atoms with Crippen LogP contribution in [0.3, 0.4) is 0 Å². The second-order valence-electron chi connectivity index (χ2n) is 2.80. The Balaban J connectivity index is 3.18. The third-order valence-electron chi connectivity index (χ3n) is 1.62. The van der Waals surface area contributed by atoms with Crippen molar-refractivity contribution in [1.29, 1.82) is 0 Å². The van der Waals surface area contributed by atoms with Gasteiger partial charge >= 0.3 is 5.51 Å². The predicted octanol–water partition coefficient (Wildman–Crippen LogP) is 4.58. The van der Waals surface area contributed by atoms with Crippen LogP contribution in [0.2, 0.25) is 0 Å². The normalized spacial score (nSPS) is 14.5. The molecule has 0 N–H and O–H groups in total. The molecule has 0 aromatic carbocycles. The van der Waals surface area contributed by atoms with Crippen LogP contribution in [0.1, 0.15) is 32.6 Å². The van der Waals surface area contributed by atoms with Gasteiger partial charge < -0.3 is 0 Å². The van der Waals surface area contributed by atoms with Gasteiger partial charge in [-0.2, -0.15) is 13.2 Å². The minimum absolute atomic E-state index is 0.0775. The van der Waals surface area contributed by atoms with Crippen LogP contribution in [-0.2, 0) is 0 Å². The molecule has 0 amide bonds. The van der Waals surface area contributed by atoms with Gasteiger partial charge in [0.2, 0.25) is 0 Å². The fourth-order valence-electron chi connectivity index (χ4n) is 0.860. The van der Waals surface area contributed by atoms with Crippen molar-refractivity contribution in [3.05, 3.63) is 0 Å². The first-order chi connectivity index (χ1) is 5.95. The second kappa shape index (κ2) is 6.98. The lowest BCUT2D eigenvalue weighted by atomic mass is 10.2. The molecule has 0 spiro atoms. The Bertz CT molecular complexity index is 127. The van der Waals surface area contributed by atoms with Gasteiger partial charge in [-0.25, -0.2) is 0 Å². The van der Waals surface area contributed by atoms with E-state index < -0.39 is 5.51 Å². The monoisotopic (exact) mass is 278 g/mol. The van der Waals surface area contributed by atoms with E-state index in [0.29, 0.717) is 11.2 Å². The van der Waals surface area contributed by atoms with Crippen LogP contribution < -0.4 is 0 Å². The molecule has 0 nitrogen and oxygen atoms in total. The summed E-state index contributed by atoms with van der Waals surface area (Å²) in [5.41, 5.74) is -4.06. The molecule has 0 bridgehead atoms. The Labute approximate surface area is 89.8 Å². The van der Waals surface area contributed by atoms with Crippen molar-refractivity contribution in [2.24, 2.45) is 0 Å². The number of hydrogen-bond acceptors (Lipinski definition) is 1. The zero-order valence-corrected chi connectivity index (χ0v) is 9.94. The molecule has 0 heterocycles. The van der Waals surface area contributed by atoms with E-state index in [9.17, 15) is 13.2 Å². The minimum atomic E-state index is -4.06. The number of thioether (sulfide) groups is 1. The summed E-state index contributed by atoms with van der Waals surface area (Å²) in [5, 5.41) is 0. The first-order valence-electron chi connectivity index (χ1n) is 4.30. The Morgan fingerprint density at radius 2 is 1.92 bits per heavy atom. The molecule has 0 saturated carbocycles. The van der Waals surface area contributed by atoms with E-state index in [2.05, 4.69) is 22.9 Å². The van der Waals surface area contributed by atoms with E-state index in [1.54, 1.807) is 0 Å². The molecule has 1 atom stereocenters. The second-order valence-corrected chi connectivity index (χ2v) is 5.25. The molecule has 0 aliphatic rings.